The molecule has 0 spiro atoms. The van der Waals surface area contributed by atoms with E-state index in [9.17, 15) is 4.39 Å². The van der Waals surface area contributed by atoms with Crippen LogP contribution in [0.5, 0.6) is 0 Å². The summed E-state index contributed by atoms with van der Waals surface area (Å²) < 4.78 is 13.8. The van der Waals surface area contributed by atoms with Gasteiger partial charge in [-0.3, -0.25) is 0 Å². The number of halogens is 1. The minimum absolute atomic E-state index is 0.105. The van der Waals surface area contributed by atoms with Gasteiger partial charge in [-0.05, 0) is 35.6 Å². The van der Waals surface area contributed by atoms with Gasteiger partial charge in [0.15, 0.2) is 0 Å². The second kappa shape index (κ2) is 5.13. The van der Waals surface area contributed by atoms with Gasteiger partial charge < -0.3 is 4.98 Å². The predicted octanol–water partition coefficient (Wildman–Crippen LogP) is 3.26. The summed E-state index contributed by atoms with van der Waals surface area (Å²) >= 11 is 0. The van der Waals surface area contributed by atoms with Crippen molar-refractivity contribution in [2.45, 2.75) is 33.1 Å². The molecular formula is C14H17FN2. The summed E-state index contributed by atoms with van der Waals surface area (Å²) in [6, 6.07) is 3.45. The topological polar surface area (TPSA) is 28.7 Å². The number of H-pyrrole nitrogens is 1. The lowest BCUT2D eigenvalue weighted by molar-refractivity contribution is 0.607. The minimum atomic E-state index is -0.105. The lowest BCUT2D eigenvalue weighted by Gasteiger charge is -2.13. The highest BCUT2D eigenvalue weighted by Crippen LogP contribution is 2.22. The van der Waals surface area contributed by atoms with Crippen molar-refractivity contribution >= 4 is 0 Å². The van der Waals surface area contributed by atoms with Crippen LogP contribution in [-0.4, -0.2) is 9.97 Å². The van der Waals surface area contributed by atoms with Gasteiger partial charge in [-0.2, -0.15) is 0 Å². The van der Waals surface area contributed by atoms with Crippen molar-refractivity contribution in [1.29, 1.82) is 0 Å². The second-order valence-electron chi connectivity index (χ2n) is 4.08. The maximum atomic E-state index is 13.8. The van der Waals surface area contributed by atoms with Crippen LogP contribution in [0.3, 0.4) is 0 Å². The SMILES string of the molecule is CCc1ccc(F)c(CC)c1Cc1ncc[nH]1. The van der Waals surface area contributed by atoms with Gasteiger partial charge in [0, 0.05) is 18.8 Å². The zero-order valence-electron chi connectivity index (χ0n) is 10.3. The summed E-state index contributed by atoms with van der Waals surface area (Å²) in [7, 11) is 0. The van der Waals surface area contributed by atoms with Gasteiger partial charge in [0.2, 0.25) is 0 Å². The average molecular weight is 232 g/mol. The van der Waals surface area contributed by atoms with E-state index in [1.54, 1.807) is 18.5 Å². The first-order valence-corrected chi connectivity index (χ1v) is 6.03. The number of hydrogen-bond acceptors (Lipinski definition) is 1. The fourth-order valence-corrected chi connectivity index (χ4v) is 2.21. The zero-order valence-corrected chi connectivity index (χ0v) is 10.3. The monoisotopic (exact) mass is 232 g/mol. The molecule has 0 atom stereocenters. The average Bonchev–Trinajstić information content (AvgIpc) is 2.83. The molecule has 0 radical (unpaired) electrons. The van der Waals surface area contributed by atoms with Crippen molar-refractivity contribution in [2.24, 2.45) is 0 Å². The van der Waals surface area contributed by atoms with Crippen LogP contribution in [0.1, 0.15) is 36.4 Å². The van der Waals surface area contributed by atoms with Crippen molar-refractivity contribution < 1.29 is 4.39 Å². The third-order valence-corrected chi connectivity index (χ3v) is 3.10. The molecule has 17 heavy (non-hydrogen) atoms. The second-order valence-corrected chi connectivity index (χ2v) is 4.08. The molecule has 3 heteroatoms. The fraction of sp³-hybridized carbons (Fsp3) is 0.357. The largest absolute Gasteiger partial charge is 0.348 e. The first kappa shape index (κ1) is 11.8. The lowest BCUT2D eigenvalue weighted by atomic mass is 9.94. The van der Waals surface area contributed by atoms with E-state index in [0.717, 1.165) is 29.8 Å². The van der Waals surface area contributed by atoms with Crippen molar-refractivity contribution in [1.82, 2.24) is 9.97 Å². The number of benzene rings is 1. The number of aromatic amines is 1. The van der Waals surface area contributed by atoms with Gasteiger partial charge >= 0.3 is 0 Å². The summed E-state index contributed by atoms with van der Waals surface area (Å²) in [4.78, 5) is 7.29. The Morgan fingerprint density at radius 3 is 2.59 bits per heavy atom. The molecule has 0 fully saturated rings. The highest BCUT2D eigenvalue weighted by molar-refractivity contribution is 5.38. The molecule has 2 nitrogen and oxygen atoms in total. The molecule has 0 bridgehead atoms. The van der Waals surface area contributed by atoms with Gasteiger partial charge in [0.1, 0.15) is 11.6 Å². The summed E-state index contributed by atoms with van der Waals surface area (Å²) in [6.07, 6.45) is 5.84. The number of imidazole rings is 1. The summed E-state index contributed by atoms with van der Waals surface area (Å²) in [6.45, 7) is 4.09. The molecule has 2 aromatic rings. The first-order valence-electron chi connectivity index (χ1n) is 6.03. The highest BCUT2D eigenvalue weighted by Gasteiger charge is 2.12. The fourth-order valence-electron chi connectivity index (χ4n) is 2.21. The molecule has 1 N–H and O–H groups in total. The van der Waals surface area contributed by atoms with Crippen LogP contribution in [-0.2, 0) is 19.3 Å². The Labute approximate surface area is 101 Å². The number of aryl methyl sites for hydroxylation is 1. The maximum Gasteiger partial charge on any atom is 0.126 e. The number of nitrogens with one attached hydrogen (secondary N) is 1. The first-order chi connectivity index (χ1) is 8.26. The highest BCUT2D eigenvalue weighted by atomic mass is 19.1. The standard InChI is InChI=1S/C14H17FN2/c1-3-10-5-6-13(15)11(4-2)12(10)9-14-16-7-8-17-14/h5-8H,3-4,9H2,1-2H3,(H,16,17). The predicted molar refractivity (Wildman–Crippen MR) is 66.5 cm³/mol. The zero-order chi connectivity index (χ0) is 12.3. The molecule has 0 saturated carbocycles. The molecule has 0 amide bonds. The number of hydrogen-bond donors (Lipinski definition) is 1. The lowest BCUT2D eigenvalue weighted by Crippen LogP contribution is -2.04. The van der Waals surface area contributed by atoms with Crippen LogP contribution in [0, 0.1) is 5.82 Å². The normalized spacial score (nSPS) is 10.8. The van der Waals surface area contributed by atoms with Crippen LogP contribution < -0.4 is 0 Å². The Bertz CT molecular complexity index is 489. The van der Waals surface area contributed by atoms with E-state index in [2.05, 4.69) is 16.9 Å². The van der Waals surface area contributed by atoms with Gasteiger partial charge in [0.25, 0.3) is 0 Å². The van der Waals surface area contributed by atoms with Crippen LogP contribution in [0.25, 0.3) is 0 Å². The molecular weight excluding hydrogens is 215 g/mol. The van der Waals surface area contributed by atoms with Crippen LogP contribution in [0.4, 0.5) is 4.39 Å². The van der Waals surface area contributed by atoms with Gasteiger partial charge in [-0.15, -0.1) is 0 Å². The minimum Gasteiger partial charge on any atom is -0.348 e. The van der Waals surface area contributed by atoms with E-state index in [4.69, 9.17) is 0 Å². The third kappa shape index (κ3) is 2.38. The van der Waals surface area contributed by atoms with Crippen molar-refractivity contribution in [3.05, 3.63) is 52.9 Å². The van der Waals surface area contributed by atoms with E-state index in [0.29, 0.717) is 6.42 Å². The number of aromatic nitrogens is 2. The molecule has 0 aliphatic heterocycles. The quantitative estimate of drug-likeness (QED) is 0.861. The molecule has 0 aliphatic carbocycles. The van der Waals surface area contributed by atoms with E-state index < -0.39 is 0 Å². The Morgan fingerprint density at radius 2 is 2.00 bits per heavy atom. The van der Waals surface area contributed by atoms with Crippen LogP contribution >= 0.6 is 0 Å². The smallest absolute Gasteiger partial charge is 0.126 e. The number of rotatable bonds is 4. The third-order valence-electron chi connectivity index (χ3n) is 3.10. The van der Waals surface area contributed by atoms with Crippen LogP contribution in [0.15, 0.2) is 24.5 Å². The Balaban J connectivity index is 2.45. The van der Waals surface area contributed by atoms with E-state index in [1.807, 2.05) is 13.0 Å². The molecule has 1 heterocycles. The Kier molecular flexibility index (Phi) is 3.57. The van der Waals surface area contributed by atoms with Crippen LogP contribution in [0.2, 0.25) is 0 Å². The summed E-state index contributed by atoms with van der Waals surface area (Å²) in [5.41, 5.74) is 3.12. The van der Waals surface area contributed by atoms with Gasteiger partial charge in [0.05, 0.1) is 0 Å². The Morgan fingerprint density at radius 1 is 1.18 bits per heavy atom. The summed E-state index contributed by atoms with van der Waals surface area (Å²) in [5, 5.41) is 0. The maximum absolute atomic E-state index is 13.8. The molecule has 1 aromatic heterocycles. The van der Waals surface area contributed by atoms with Crippen molar-refractivity contribution in [3.8, 4) is 0 Å². The molecule has 1 aromatic carbocycles. The van der Waals surface area contributed by atoms with Gasteiger partial charge in [-0.25, -0.2) is 9.37 Å². The van der Waals surface area contributed by atoms with E-state index in [1.165, 1.54) is 5.56 Å². The number of nitrogens with zero attached hydrogens (tertiary/aromatic N) is 1. The van der Waals surface area contributed by atoms with E-state index >= 15 is 0 Å². The summed E-state index contributed by atoms with van der Waals surface area (Å²) in [5.74, 6) is 0.784. The van der Waals surface area contributed by atoms with Gasteiger partial charge in [-0.1, -0.05) is 19.9 Å². The Hall–Kier alpha value is -1.64. The molecule has 0 unspecified atom stereocenters. The molecule has 0 aliphatic rings. The molecule has 0 saturated heterocycles. The van der Waals surface area contributed by atoms with Crippen molar-refractivity contribution in [3.63, 3.8) is 0 Å². The molecule has 90 valence electrons. The molecule has 2 rings (SSSR count). The van der Waals surface area contributed by atoms with Crippen molar-refractivity contribution in [2.75, 3.05) is 0 Å². The van der Waals surface area contributed by atoms with E-state index in [-0.39, 0.29) is 5.82 Å².